The Morgan fingerprint density at radius 1 is 1.32 bits per heavy atom. The number of amides is 2. The van der Waals surface area contributed by atoms with Crippen LogP contribution in [0.3, 0.4) is 0 Å². The van der Waals surface area contributed by atoms with Gasteiger partial charge in [0, 0.05) is 12.1 Å². The summed E-state index contributed by atoms with van der Waals surface area (Å²) >= 11 is 11.8. The van der Waals surface area contributed by atoms with Crippen LogP contribution >= 0.6 is 23.2 Å². The standard InChI is InChI=1S/C12H15Cl2N3O2/c1-7(16-6-11(18)15-2)12(19)17-10-5-8(13)3-4-9(10)14/h3-5,7,16H,6H2,1-2H3,(H,15,18)(H,17,19)/t7-/m1/s1. The molecule has 7 heteroatoms. The van der Waals surface area contributed by atoms with E-state index in [1.807, 2.05) is 0 Å². The third-order valence-corrected chi connectivity index (χ3v) is 2.99. The van der Waals surface area contributed by atoms with E-state index in [1.54, 1.807) is 25.1 Å². The molecule has 1 atom stereocenters. The van der Waals surface area contributed by atoms with E-state index >= 15 is 0 Å². The Kier molecular flexibility index (Phi) is 6.08. The molecule has 1 aromatic rings. The molecule has 19 heavy (non-hydrogen) atoms. The molecule has 0 unspecified atom stereocenters. The average molecular weight is 304 g/mol. The average Bonchev–Trinajstić information content (AvgIpc) is 2.39. The Bertz CT molecular complexity index is 480. The van der Waals surface area contributed by atoms with Gasteiger partial charge in [0.1, 0.15) is 0 Å². The SMILES string of the molecule is CNC(=O)CN[C@H](C)C(=O)Nc1cc(Cl)ccc1Cl. The minimum Gasteiger partial charge on any atom is -0.358 e. The number of benzene rings is 1. The topological polar surface area (TPSA) is 70.2 Å². The minimum atomic E-state index is -0.535. The number of carbonyl (C=O) groups is 2. The van der Waals surface area contributed by atoms with Gasteiger partial charge in [-0.1, -0.05) is 23.2 Å². The van der Waals surface area contributed by atoms with Crippen molar-refractivity contribution in [2.45, 2.75) is 13.0 Å². The van der Waals surface area contributed by atoms with E-state index in [1.165, 1.54) is 7.05 Å². The van der Waals surface area contributed by atoms with E-state index in [0.29, 0.717) is 15.7 Å². The van der Waals surface area contributed by atoms with Crippen molar-refractivity contribution in [2.75, 3.05) is 18.9 Å². The van der Waals surface area contributed by atoms with Crippen LogP contribution in [0.25, 0.3) is 0 Å². The summed E-state index contributed by atoms with van der Waals surface area (Å²) in [6.45, 7) is 1.71. The van der Waals surface area contributed by atoms with E-state index in [0.717, 1.165) is 0 Å². The first-order valence-electron chi connectivity index (χ1n) is 5.64. The van der Waals surface area contributed by atoms with Gasteiger partial charge in [-0.25, -0.2) is 0 Å². The molecule has 3 N–H and O–H groups in total. The van der Waals surface area contributed by atoms with Gasteiger partial charge in [0.15, 0.2) is 0 Å². The Morgan fingerprint density at radius 3 is 2.63 bits per heavy atom. The fourth-order valence-corrected chi connectivity index (χ4v) is 1.60. The van der Waals surface area contributed by atoms with Crippen molar-refractivity contribution < 1.29 is 9.59 Å². The Morgan fingerprint density at radius 2 is 2.00 bits per heavy atom. The molecule has 0 spiro atoms. The van der Waals surface area contributed by atoms with Crippen molar-refractivity contribution in [3.63, 3.8) is 0 Å². The maximum atomic E-state index is 11.9. The molecule has 0 fully saturated rings. The number of carbonyl (C=O) groups excluding carboxylic acids is 2. The van der Waals surface area contributed by atoms with Crippen LogP contribution in [-0.2, 0) is 9.59 Å². The largest absolute Gasteiger partial charge is 0.358 e. The lowest BCUT2D eigenvalue weighted by Crippen LogP contribution is -2.42. The van der Waals surface area contributed by atoms with Gasteiger partial charge in [0.05, 0.1) is 23.3 Å². The summed E-state index contributed by atoms with van der Waals surface area (Å²) in [5.41, 5.74) is 0.438. The smallest absolute Gasteiger partial charge is 0.241 e. The number of anilines is 1. The van der Waals surface area contributed by atoms with Crippen molar-refractivity contribution in [1.82, 2.24) is 10.6 Å². The fraction of sp³-hybridized carbons (Fsp3) is 0.333. The molecule has 0 radical (unpaired) electrons. The second kappa shape index (κ2) is 7.33. The molecule has 2 amide bonds. The lowest BCUT2D eigenvalue weighted by Gasteiger charge is -2.14. The normalized spacial score (nSPS) is 11.8. The van der Waals surface area contributed by atoms with Crippen LogP contribution in [0.1, 0.15) is 6.92 Å². The van der Waals surface area contributed by atoms with Crippen LogP contribution < -0.4 is 16.0 Å². The molecule has 0 aliphatic rings. The summed E-state index contributed by atoms with van der Waals surface area (Å²) < 4.78 is 0. The molecule has 0 aliphatic heterocycles. The molecule has 1 rings (SSSR count). The van der Waals surface area contributed by atoms with Gasteiger partial charge >= 0.3 is 0 Å². The quantitative estimate of drug-likeness (QED) is 0.775. The Hall–Kier alpha value is -1.30. The van der Waals surface area contributed by atoms with Gasteiger partial charge in [-0.3, -0.25) is 14.9 Å². The second-order valence-electron chi connectivity index (χ2n) is 3.89. The van der Waals surface area contributed by atoms with E-state index in [9.17, 15) is 9.59 Å². The monoisotopic (exact) mass is 303 g/mol. The van der Waals surface area contributed by atoms with E-state index in [-0.39, 0.29) is 18.4 Å². The highest BCUT2D eigenvalue weighted by molar-refractivity contribution is 6.35. The highest BCUT2D eigenvalue weighted by Crippen LogP contribution is 2.25. The molecule has 5 nitrogen and oxygen atoms in total. The summed E-state index contributed by atoms with van der Waals surface area (Å²) in [6, 6.07) is 4.26. The zero-order valence-electron chi connectivity index (χ0n) is 10.6. The first kappa shape index (κ1) is 15.8. The van der Waals surface area contributed by atoms with Crippen LogP contribution in [0.4, 0.5) is 5.69 Å². The molecular formula is C12H15Cl2N3O2. The molecule has 0 aliphatic carbocycles. The van der Waals surface area contributed by atoms with Crippen molar-refractivity contribution >= 4 is 40.7 Å². The van der Waals surface area contributed by atoms with Crippen LogP contribution in [0.15, 0.2) is 18.2 Å². The summed E-state index contributed by atoms with van der Waals surface area (Å²) in [6.07, 6.45) is 0. The molecule has 0 bridgehead atoms. The summed E-state index contributed by atoms with van der Waals surface area (Å²) in [5.74, 6) is -0.492. The van der Waals surface area contributed by atoms with Gasteiger partial charge in [-0.2, -0.15) is 0 Å². The highest BCUT2D eigenvalue weighted by atomic mass is 35.5. The van der Waals surface area contributed by atoms with E-state index < -0.39 is 6.04 Å². The number of rotatable bonds is 5. The number of hydrogen-bond donors (Lipinski definition) is 3. The summed E-state index contributed by atoms with van der Waals surface area (Å²) in [4.78, 5) is 22.9. The third kappa shape index (κ3) is 5.06. The molecule has 104 valence electrons. The van der Waals surface area contributed by atoms with Crippen molar-refractivity contribution in [3.8, 4) is 0 Å². The molecule has 0 heterocycles. The fourth-order valence-electron chi connectivity index (χ4n) is 1.26. The van der Waals surface area contributed by atoms with Crippen LogP contribution in [0, 0.1) is 0 Å². The number of hydrogen-bond acceptors (Lipinski definition) is 3. The van der Waals surface area contributed by atoms with Gasteiger partial charge in [0.25, 0.3) is 0 Å². The van der Waals surface area contributed by atoms with Crippen LogP contribution in [-0.4, -0.2) is 31.4 Å². The lowest BCUT2D eigenvalue weighted by atomic mass is 10.2. The Balaban J connectivity index is 2.58. The van der Waals surface area contributed by atoms with Crippen molar-refractivity contribution in [1.29, 1.82) is 0 Å². The number of halogens is 2. The van der Waals surface area contributed by atoms with Crippen LogP contribution in [0.2, 0.25) is 10.0 Å². The van der Waals surface area contributed by atoms with Crippen LogP contribution in [0.5, 0.6) is 0 Å². The molecule has 0 aromatic heterocycles. The first-order valence-corrected chi connectivity index (χ1v) is 6.39. The Labute approximate surface area is 121 Å². The van der Waals surface area contributed by atoms with Crippen molar-refractivity contribution in [3.05, 3.63) is 28.2 Å². The van der Waals surface area contributed by atoms with Gasteiger partial charge in [-0.15, -0.1) is 0 Å². The first-order chi connectivity index (χ1) is 8.93. The van der Waals surface area contributed by atoms with E-state index in [4.69, 9.17) is 23.2 Å². The number of likely N-dealkylation sites (N-methyl/N-ethyl adjacent to an activating group) is 1. The second-order valence-corrected chi connectivity index (χ2v) is 4.73. The minimum absolute atomic E-state index is 0.0639. The highest BCUT2D eigenvalue weighted by Gasteiger charge is 2.14. The van der Waals surface area contributed by atoms with Gasteiger partial charge in [0.2, 0.25) is 11.8 Å². The zero-order valence-corrected chi connectivity index (χ0v) is 12.1. The zero-order chi connectivity index (χ0) is 14.4. The number of nitrogens with one attached hydrogen (secondary N) is 3. The lowest BCUT2D eigenvalue weighted by molar-refractivity contribution is -0.120. The molecule has 0 saturated carbocycles. The van der Waals surface area contributed by atoms with E-state index in [2.05, 4.69) is 16.0 Å². The van der Waals surface area contributed by atoms with Gasteiger partial charge < -0.3 is 10.6 Å². The summed E-state index contributed by atoms with van der Waals surface area (Å²) in [5, 5.41) is 8.76. The summed E-state index contributed by atoms with van der Waals surface area (Å²) in [7, 11) is 1.53. The molecule has 0 saturated heterocycles. The third-order valence-electron chi connectivity index (χ3n) is 2.43. The molecule has 1 aromatic carbocycles. The van der Waals surface area contributed by atoms with Gasteiger partial charge in [-0.05, 0) is 25.1 Å². The van der Waals surface area contributed by atoms with Crippen molar-refractivity contribution in [2.24, 2.45) is 0 Å². The maximum Gasteiger partial charge on any atom is 0.241 e. The predicted octanol–water partition coefficient (Wildman–Crippen LogP) is 1.66. The predicted molar refractivity (Wildman–Crippen MR) is 76.6 cm³/mol. The molecular weight excluding hydrogens is 289 g/mol. The maximum absolute atomic E-state index is 11.9.